The summed E-state index contributed by atoms with van der Waals surface area (Å²) in [5.74, 6) is 1.99. The van der Waals surface area contributed by atoms with Crippen LogP contribution in [0.5, 0.6) is 0 Å². The van der Waals surface area contributed by atoms with Crippen molar-refractivity contribution >= 4 is 5.91 Å². The first-order valence-electron chi connectivity index (χ1n) is 7.90. The molecular formula is C16H30N2O. The lowest BCUT2D eigenvalue weighted by Gasteiger charge is -2.42. The summed E-state index contributed by atoms with van der Waals surface area (Å²) in [5.41, 5.74) is -0.100. The maximum atomic E-state index is 12.8. The Hall–Kier alpha value is -0.570. The Bertz CT molecular complexity index is 311. The fourth-order valence-corrected chi connectivity index (χ4v) is 3.48. The lowest BCUT2D eigenvalue weighted by atomic mass is 9.78. The second-order valence-corrected chi connectivity index (χ2v) is 7.24. The molecule has 0 aromatic carbocycles. The smallest absolute Gasteiger partial charge is 0.228 e. The van der Waals surface area contributed by atoms with Gasteiger partial charge in [-0.05, 0) is 57.7 Å². The Morgan fingerprint density at radius 2 is 1.63 bits per heavy atom. The predicted molar refractivity (Wildman–Crippen MR) is 79.0 cm³/mol. The number of hydrogen-bond donors (Lipinski definition) is 0. The van der Waals surface area contributed by atoms with Crippen LogP contribution in [-0.2, 0) is 4.79 Å². The van der Waals surface area contributed by atoms with Crippen molar-refractivity contribution in [2.75, 3.05) is 33.2 Å². The van der Waals surface area contributed by atoms with Crippen LogP contribution in [0, 0.1) is 17.3 Å². The minimum Gasteiger partial charge on any atom is -0.342 e. The minimum absolute atomic E-state index is 0.100. The van der Waals surface area contributed by atoms with Crippen LogP contribution in [0.25, 0.3) is 0 Å². The summed E-state index contributed by atoms with van der Waals surface area (Å²) in [6.45, 7) is 10.9. The average molecular weight is 266 g/mol. The summed E-state index contributed by atoms with van der Waals surface area (Å²) >= 11 is 0. The first-order valence-corrected chi connectivity index (χ1v) is 7.90. The summed E-state index contributed by atoms with van der Waals surface area (Å²) in [7, 11) is 2.15. The molecule has 3 heteroatoms. The van der Waals surface area contributed by atoms with E-state index in [4.69, 9.17) is 0 Å². The topological polar surface area (TPSA) is 23.6 Å². The van der Waals surface area contributed by atoms with Crippen molar-refractivity contribution in [3.05, 3.63) is 0 Å². The van der Waals surface area contributed by atoms with Gasteiger partial charge < -0.3 is 9.80 Å². The van der Waals surface area contributed by atoms with Gasteiger partial charge in [-0.15, -0.1) is 0 Å². The van der Waals surface area contributed by atoms with Crippen molar-refractivity contribution in [2.45, 2.75) is 46.5 Å². The highest BCUT2D eigenvalue weighted by atomic mass is 16.2. The molecule has 0 bridgehead atoms. The molecule has 0 N–H and O–H groups in total. The fraction of sp³-hybridized carbons (Fsp3) is 0.938. The van der Waals surface area contributed by atoms with Gasteiger partial charge in [0.1, 0.15) is 0 Å². The molecule has 2 saturated heterocycles. The Balaban J connectivity index is 1.90. The molecule has 2 rings (SSSR count). The minimum atomic E-state index is -0.100. The Labute approximate surface area is 118 Å². The first kappa shape index (κ1) is 14.8. The number of nitrogens with zero attached hydrogens (tertiary/aromatic N) is 2. The normalized spacial score (nSPS) is 25.8. The zero-order chi connectivity index (χ0) is 14.0. The van der Waals surface area contributed by atoms with Gasteiger partial charge in [0.05, 0.1) is 0 Å². The van der Waals surface area contributed by atoms with Crippen molar-refractivity contribution in [1.29, 1.82) is 0 Å². The van der Waals surface area contributed by atoms with E-state index in [1.807, 2.05) is 0 Å². The van der Waals surface area contributed by atoms with Crippen molar-refractivity contribution in [3.63, 3.8) is 0 Å². The van der Waals surface area contributed by atoms with Crippen molar-refractivity contribution in [1.82, 2.24) is 9.80 Å². The van der Waals surface area contributed by atoms with Gasteiger partial charge in [0.25, 0.3) is 0 Å². The van der Waals surface area contributed by atoms with Crippen LogP contribution >= 0.6 is 0 Å². The predicted octanol–water partition coefficient (Wildman–Crippen LogP) is 2.61. The standard InChI is InChI=1S/C16H30N2O/c1-13(2)14-5-9-18(10-6-14)15(19)16(3)7-11-17(4)12-8-16/h13-14H,5-12H2,1-4H3. The van der Waals surface area contributed by atoms with Crippen molar-refractivity contribution in [3.8, 4) is 0 Å². The molecule has 1 amide bonds. The number of likely N-dealkylation sites (tertiary alicyclic amines) is 2. The van der Waals surface area contributed by atoms with Gasteiger partial charge in [0.15, 0.2) is 0 Å². The van der Waals surface area contributed by atoms with E-state index < -0.39 is 0 Å². The first-order chi connectivity index (χ1) is 8.92. The molecule has 2 fully saturated rings. The van der Waals surface area contributed by atoms with E-state index in [1.54, 1.807) is 0 Å². The number of carbonyl (C=O) groups is 1. The van der Waals surface area contributed by atoms with Crippen LogP contribution in [-0.4, -0.2) is 48.9 Å². The second-order valence-electron chi connectivity index (χ2n) is 7.24. The van der Waals surface area contributed by atoms with Crippen LogP contribution < -0.4 is 0 Å². The number of rotatable bonds is 2. The van der Waals surface area contributed by atoms with Gasteiger partial charge >= 0.3 is 0 Å². The van der Waals surface area contributed by atoms with Gasteiger partial charge in [-0.1, -0.05) is 20.8 Å². The van der Waals surface area contributed by atoms with Crippen LogP contribution in [0.4, 0.5) is 0 Å². The molecular weight excluding hydrogens is 236 g/mol. The quantitative estimate of drug-likeness (QED) is 0.767. The maximum Gasteiger partial charge on any atom is 0.228 e. The highest BCUT2D eigenvalue weighted by Gasteiger charge is 2.39. The lowest BCUT2D eigenvalue weighted by Crippen LogP contribution is -2.50. The molecule has 19 heavy (non-hydrogen) atoms. The van der Waals surface area contributed by atoms with E-state index in [9.17, 15) is 4.79 Å². The molecule has 2 aliphatic rings. The SMILES string of the molecule is CC(C)C1CCN(C(=O)C2(C)CCN(C)CC2)CC1. The summed E-state index contributed by atoms with van der Waals surface area (Å²) in [4.78, 5) is 17.2. The summed E-state index contributed by atoms with van der Waals surface area (Å²) in [5, 5.41) is 0. The summed E-state index contributed by atoms with van der Waals surface area (Å²) in [6.07, 6.45) is 4.43. The zero-order valence-corrected chi connectivity index (χ0v) is 13.1. The molecule has 3 nitrogen and oxygen atoms in total. The molecule has 0 aromatic rings. The van der Waals surface area contributed by atoms with Gasteiger partial charge in [0, 0.05) is 18.5 Å². The van der Waals surface area contributed by atoms with Crippen LogP contribution in [0.15, 0.2) is 0 Å². The zero-order valence-electron chi connectivity index (χ0n) is 13.1. The average Bonchev–Trinajstić information content (AvgIpc) is 2.41. The van der Waals surface area contributed by atoms with Crippen LogP contribution in [0.3, 0.4) is 0 Å². The van der Waals surface area contributed by atoms with Gasteiger partial charge in [0.2, 0.25) is 5.91 Å². The number of piperidine rings is 2. The fourth-order valence-electron chi connectivity index (χ4n) is 3.48. The highest BCUT2D eigenvalue weighted by Crippen LogP contribution is 2.34. The van der Waals surface area contributed by atoms with Crippen molar-refractivity contribution in [2.24, 2.45) is 17.3 Å². The monoisotopic (exact) mass is 266 g/mol. The highest BCUT2D eigenvalue weighted by molar-refractivity contribution is 5.82. The van der Waals surface area contributed by atoms with Gasteiger partial charge in [-0.2, -0.15) is 0 Å². The molecule has 0 radical (unpaired) electrons. The number of amides is 1. The number of hydrogen-bond acceptors (Lipinski definition) is 2. The Morgan fingerprint density at radius 1 is 1.11 bits per heavy atom. The number of carbonyl (C=O) groups excluding carboxylic acids is 1. The largest absolute Gasteiger partial charge is 0.342 e. The van der Waals surface area contributed by atoms with Gasteiger partial charge in [-0.3, -0.25) is 4.79 Å². The Kier molecular flexibility index (Phi) is 4.54. The third kappa shape index (κ3) is 3.31. The van der Waals surface area contributed by atoms with E-state index in [-0.39, 0.29) is 5.41 Å². The molecule has 0 atom stereocenters. The Morgan fingerprint density at radius 3 is 2.11 bits per heavy atom. The maximum absolute atomic E-state index is 12.8. The van der Waals surface area contributed by atoms with E-state index in [2.05, 4.69) is 37.6 Å². The third-order valence-electron chi connectivity index (χ3n) is 5.38. The molecule has 110 valence electrons. The molecule has 0 spiro atoms. The molecule has 0 saturated carbocycles. The molecule has 0 aromatic heterocycles. The third-order valence-corrected chi connectivity index (χ3v) is 5.38. The summed E-state index contributed by atoms with van der Waals surface area (Å²) < 4.78 is 0. The second kappa shape index (κ2) is 5.82. The molecule has 2 aliphatic heterocycles. The van der Waals surface area contributed by atoms with E-state index >= 15 is 0 Å². The molecule has 0 aliphatic carbocycles. The van der Waals surface area contributed by atoms with Crippen molar-refractivity contribution < 1.29 is 4.79 Å². The van der Waals surface area contributed by atoms with E-state index in [0.29, 0.717) is 5.91 Å². The molecule has 0 unspecified atom stereocenters. The lowest BCUT2D eigenvalue weighted by molar-refractivity contribution is -0.145. The molecule has 2 heterocycles. The van der Waals surface area contributed by atoms with E-state index in [0.717, 1.165) is 50.9 Å². The van der Waals surface area contributed by atoms with Crippen LogP contribution in [0.1, 0.15) is 46.5 Å². The van der Waals surface area contributed by atoms with Gasteiger partial charge in [-0.25, -0.2) is 0 Å². The summed E-state index contributed by atoms with van der Waals surface area (Å²) in [6, 6.07) is 0. The van der Waals surface area contributed by atoms with Crippen LogP contribution in [0.2, 0.25) is 0 Å². The van der Waals surface area contributed by atoms with E-state index in [1.165, 1.54) is 12.8 Å².